The Balaban J connectivity index is 2.22. The van der Waals surface area contributed by atoms with Crippen molar-refractivity contribution >= 4 is 0 Å². The lowest BCUT2D eigenvalue weighted by atomic mass is 9.65. The molecule has 1 saturated carbocycles. The molecule has 0 spiro atoms. The standard InChI is InChI=1S/C13H20O2/c1-4-5-11-13(15-7-6-14-11)12-9(2)8-10(12)3/h4-5,9-10,12H,6-8H2,1-3H3/b5-4-. The van der Waals surface area contributed by atoms with Gasteiger partial charge in [0.05, 0.1) is 0 Å². The average molecular weight is 208 g/mol. The molecule has 0 aromatic heterocycles. The van der Waals surface area contributed by atoms with Crippen LogP contribution in [0.1, 0.15) is 27.2 Å². The van der Waals surface area contributed by atoms with Crippen LogP contribution in [0.25, 0.3) is 0 Å². The van der Waals surface area contributed by atoms with E-state index in [9.17, 15) is 0 Å². The Morgan fingerprint density at radius 2 is 1.80 bits per heavy atom. The average Bonchev–Trinajstić information content (AvgIpc) is 2.21. The number of hydrogen-bond acceptors (Lipinski definition) is 2. The van der Waals surface area contributed by atoms with Gasteiger partial charge in [-0.15, -0.1) is 0 Å². The quantitative estimate of drug-likeness (QED) is 0.694. The second-order valence-corrected chi connectivity index (χ2v) is 4.64. The van der Waals surface area contributed by atoms with Gasteiger partial charge in [-0.25, -0.2) is 0 Å². The molecule has 1 aliphatic heterocycles. The molecule has 2 aliphatic rings. The predicted molar refractivity (Wildman–Crippen MR) is 60.2 cm³/mol. The molecule has 2 atom stereocenters. The van der Waals surface area contributed by atoms with Crippen LogP contribution in [0.2, 0.25) is 0 Å². The molecular formula is C13H20O2. The zero-order chi connectivity index (χ0) is 10.8. The molecule has 1 heterocycles. The van der Waals surface area contributed by atoms with Crippen molar-refractivity contribution in [3.05, 3.63) is 23.7 Å². The molecule has 0 aromatic carbocycles. The lowest BCUT2D eigenvalue weighted by Gasteiger charge is -2.43. The van der Waals surface area contributed by atoms with E-state index in [4.69, 9.17) is 9.47 Å². The lowest BCUT2D eigenvalue weighted by molar-refractivity contribution is 0.00122. The van der Waals surface area contributed by atoms with Gasteiger partial charge in [0.25, 0.3) is 0 Å². The summed E-state index contributed by atoms with van der Waals surface area (Å²) in [6.07, 6.45) is 5.34. The molecule has 84 valence electrons. The van der Waals surface area contributed by atoms with Gasteiger partial charge in [-0.05, 0) is 31.3 Å². The maximum atomic E-state index is 5.79. The smallest absolute Gasteiger partial charge is 0.157 e. The van der Waals surface area contributed by atoms with Crippen LogP contribution in [-0.2, 0) is 9.47 Å². The molecule has 2 rings (SSSR count). The molecule has 0 saturated heterocycles. The molecule has 1 fully saturated rings. The van der Waals surface area contributed by atoms with Crippen molar-refractivity contribution in [2.75, 3.05) is 13.2 Å². The van der Waals surface area contributed by atoms with Crippen molar-refractivity contribution in [1.82, 2.24) is 0 Å². The number of rotatable bonds is 2. The maximum Gasteiger partial charge on any atom is 0.157 e. The second kappa shape index (κ2) is 4.30. The van der Waals surface area contributed by atoms with Crippen molar-refractivity contribution in [2.24, 2.45) is 17.8 Å². The molecule has 0 radical (unpaired) electrons. The summed E-state index contributed by atoms with van der Waals surface area (Å²) in [5.74, 6) is 4.07. The van der Waals surface area contributed by atoms with Gasteiger partial charge in [0.15, 0.2) is 5.76 Å². The summed E-state index contributed by atoms with van der Waals surface area (Å²) in [5.41, 5.74) is 0. The van der Waals surface area contributed by atoms with Crippen molar-refractivity contribution in [3.8, 4) is 0 Å². The second-order valence-electron chi connectivity index (χ2n) is 4.64. The van der Waals surface area contributed by atoms with E-state index in [0.717, 1.165) is 23.4 Å². The zero-order valence-corrected chi connectivity index (χ0v) is 9.82. The largest absolute Gasteiger partial charge is 0.490 e. The maximum absolute atomic E-state index is 5.79. The van der Waals surface area contributed by atoms with Crippen LogP contribution < -0.4 is 0 Å². The lowest BCUT2D eigenvalue weighted by Crippen LogP contribution is -2.37. The van der Waals surface area contributed by atoms with Gasteiger partial charge in [-0.3, -0.25) is 0 Å². The van der Waals surface area contributed by atoms with E-state index < -0.39 is 0 Å². The molecular weight excluding hydrogens is 188 g/mol. The highest BCUT2D eigenvalue weighted by Crippen LogP contribution is 2.46. The van der Waals surface area contributed by atoms with Crippen molar-refractivity contribution < 1.29 is 9.47 Å². The monoisotopic (exact) mass is 208 g/mol. The highest BCUT2D eigenvalue weighted by atomic mass is 16.6. The molecule has 2 nitrogen and oxygen atoms in total. The first-order chi connectivity index (χ1) is 7.24. The third kappa shape index (κ3) is 1.90. The highest BCUT2D eigenvalue weighted by Gasteiger charge is 2.40. The van der Waals surface area contributed by atoms with E-state index in [1.165, 1.54) is 6.42 Å². The van der Waals surface area contributed by atoms with E-state index in [0.29, 0.717) is 19.1 Å². The summed E-state index contributed by atoms with van der Waals surface area (Å²) in [5, 5.41) is 0. The van der Waals surface area contributed by atoms with Crippen molar-refractivity contribution in [2.45, 2.75) is 27.2 Å². The van der Waals surface area contributed by atoms with Gasteiger partial charge in [-0.2, -0.15) is 0 Å². The Morgan fingerprint density at radius 3 is 2.40 bits per heavy atom. The van der Waals surface area contributed by atoms with Crippen LogP contribution in [0.5, 0.6) is 0 Å². The van der Waals surface area contributed by atoms with Crippen LogP contribution in [0.4, 0.5) is 0 Å². The van der Waals surface area contributed by atoms with Crippen LogP contribution in [-0.4, -0.2) is 13.2 Å². The van der Waals surface area contributed by atoms with Crippen LogP contribution in [0, 0.1) is 17.8 Å². The first kappa shape index (κ1) is 10.6. The summed E-state index contributed by atoms with van der Waals surface area (Å²) in [7, 11) is 0. The van der Waals surface area contributed by atoms with Crippen LogP contribution in [0.3, 0.4) is 0 Å². The Hall–Kier alpha value is -0.920. The minimum atomic E-state index is 0.566. The molecule has 2 heteroatoms. The van der Waals surface area contributed by atoms with Gasteiger partial charge in [0.2, 0.25) is 0 Å². The molecule has 0 aromatic rings. The SMILES string of the molecule is C/C=C\C1=C(C2C(C)CC2C)OCCO1. The van der Waals surface area contributed by atoms with E-state index in [1.807, 2.05) is 19.1 Å². The summed E-state index contributed by atoms with van der Waals surface area (Å²) < 4.78 is 11.4. The van der Waals surface area contributed by atoms with E-state index >= 15 is 0 Å². The number of allylic oxidation sites excluding steroid dienone is 3. The van der Waals surface area contributed by atoms with Gasteiger partial charge in [-0.1, -0.05) is 19.9 Å². The molecule has 1 aliphatic carbocycles. The summed E-state index contributed by atoms with van der Waals surface area (Å²) >= 11 is 0. The Kier molecular flexibility index (Phi) is 3.03. The van der Waals surface area contributed by atoms with E-state index in [2.05, 4.69) is 13.8 Å². The van der Waals surface area contributed by atoms with Gasteiger partial charge < -0.3 is 9.47 Å². The summed E-state index contributed by atoms with van der Waals surface area (Å²) in [4.78, 5) is 0. The van der Waals surface area contributed by atoms with Gasteiger partial charge >= 0.3 is 0 Å². The molecule has 15 heavy (non-hydrogen) atoms. The third-order valence-corrected chi connectivity index (χ3v) is 3.43. The Bertz CT molecular complexity index is 283. The fourth-order valence-electron chi connectivity index (χ4n) is 2.75. The molecule has 0 bridgehead atoms. The van der Waals surface area contributed by atoms with Crippen molar-refractivity contribution in [1.29, 1.82) is 0 Å². The fraction of sp³-hybridized carbons (Fsp3) is 0.692. The zero-order valence-electron chi connectivity index (χ0n) is 9.82. The minimum Gasteiger partial charge on any atom is -0.490 e. The number of hydrogen-bond donors (Lipinski definition) is 0. The fourth-order valence-corrected chi connectivity index (χ4v) is 2.75. The molecule has 0 N–H and O–H groups in total. The van der Waals surface area contributed by atoms with E-state index in [-0.39, 0.29) is 0 Å². The number of ether oxygens (including phenoxy) is 2. The van der Waals surface area contributed by atoms with Crippen LogP contribution >= 0.6 is 0 Å². The first-order valence-corrected chi connectivity index (χ1v) is 5.86. The third-order valence-electron chi connectivity index (χ3n) is 3.43. The summed E-state index contributed by atoms with van der Waals surface area (Å²) in [6, 6.07) is 0. The minimum absolute atomic E-state index is 0.566. The van der Waals surface area contributed by atoms with Gasteiger partial charge in [0.1, 0.15) is 19.0 Å². The predicted octanol–water partition coefficient (Wildman–Crippen LogP) is 3.11. The highest BCUT2D eigenvalue weighted by molar-refractivity contribution is 5.22. The summed E-state index contributed by atoms with van der Waals surface area (Å²) in [6.45, 7) is 7.98. The van der Waals surface area contributed by atoms with E-state index in [1.54, 1.807) is 0 Å². The first-order valence-electron chi connectivity index (χ1n) is 5.86. The Morgan fingerprint density at radius 1 is 1.13 bits per heavy atom. The molecule has 0 amide bonds. The normalized spacial score (nSPS) is 36.1. The Labute approximate surface area is 92.0 Å². The molecule has 2 unspecified atom stereocenters. The van der Waals surface area contributed by atoms with Crippen molar-refractivity contribution in [3.63, 3.8) is 0 Å². The topological polar surface area (TPSA) is 18.5 Å². The van der Waals surface area contributed by atoms with Gasteiger partial charge in [0, 0.05) is 5.92 Å². The van der Waals surface area contributed by atoms with Crippen LogP contribution in [0.15, 0.2) is 23.7 Å².